The number of halogens is 3. The Bertz CT molecular complexity index is 1710. The van der Waals surface area contributed by atoms with Crippen molar-refractivity contribution in [1.29, 1.82) is 0 Å². The fourth-order valence-electron chi connectivity index (χ4n) is 4.89. The molecule has 0 spiro atoms. The van der Waals surface area contributed by atoms with Crippen molar-refractivity contribution < 1.29 is 27.6 Å². The van der Waals surface area contributed by atoms with E-state index in [1.54, 1.807) is 18.2 Å². The van der Waals surface area contributed by atoms with E-state index in [0.717, 1.165) is 37.1 Å². The zero-order valence-electron chi connectivity index (χ0n) is 24.1. The Morgan fingerprint density at radius 2 is 1.75 bits per heavy atom. The third-order valence-corrected chi connectivity index (χ3v) is 7.24. The first kappa shape index (κ1) is 30.5. The summed E-state index contributed by atoms with van der Waals surface area (Å²) >= 11 is 0. The summed E-state index contributed by atoms with van der Waals surface area (Å²) < 4.78 is 43.9. The van der Waals surface area contributed by atoms with Gasteiger partial charge in [0.05, 0.1) is 23.0 Å². The molecule has 4 N–H and O–H groups in total. The van der Waals surface area contributed by atoms with Gasteiger partial charge in [0.2, 0.25) is 5.91 Å². The number of nitrogens with two attached hydrogens (primary N) is 1. The van der Waals surface area contributed by atoms with E-state index in [2.05, 4.69) is 20.7 Å². The molecule has 1 saturated carbocycles. The second kappa shape index (κ2) is 12.7. The quantitative estimate of drug-likeness (QED) is 0.231. The monoisotopic (exact) mass is 604 g/mol. The van der Waals surface area contributed by atoms with Crippen LogP contribution in [-0.2, 0) is 17.8 Å². The number of aromatic nitrogens is 3. The summed E-state index contributed by atoms with van der Waals surface area (Å²) in [5, 5.41) is 10.3. The molecule has 3 amide bonds. The van der Waals surface area contributed by atoms with Gasteiger partial charge >= 0.3 is 0 Å². The topological polar surface area (TPSA) is 132 Å². The van der Waals surface area contributed by atoms with E-state index < -0.39 is 35.3 Å². The molecule has 1 aliphatic rings. The zero-order chi connectivity index (χ0) is 31.5. The van der Waals surface area contributed by atoms with Crippen molar-refractivity contribution in [3.63, 3.8) is 0 Å². The van der Waals surface area contributed by atoms with Crippen molar-refractivity contribution in [2.24, 2.45) is 5.73 Å². The maximum absolute atomic E-state index is 14.3. The second-order valence-corrected chi connectivity index (χ2v) is 11.1. The highest BCUT2D eigenvalue weighted by atomic mass is 19.1. The van der Waals surface area contributed by atoms with E-state index in [4.69, 9.17) is 5.73 Å². The van der Waals surface area contributed by atoms with E-state index in [1.165, 1.54) is 23.0 Å². The number of nitrogens with one attached hydrogen (secondary N) is 2. The van der Waals surface area contributed by atoms with E-state index in [1.807, 2.05) is 13.8 Å². The van der Waals surface area contributed by atoms with Gasteiger partial charge in [0.1, 0.15) is 29.7 Å². The van der Waals surface area contributed by atoms with Crippen molar-refractivity contribution >= 4 is 17.7 Å². The van der Waals surface area contributed by atoms with Crippen molar-refractivity contribution in [2.75, 3.05) is 0 Å². The van der Waals surface area contributed by atoms with Crippen LogP contribution in [0.1, 0.15) is 76.4 Å². The number of hydrogen-bond donors (Lipinski definition) is 3. The Morgan fingerprint density at radius 1 is 1.02 bits per heavy atom. The molecule has 1 fully saturated rings. The highest BCUT2D eigenvalue weighted by molar-refractivity contribution is 5.95. The van der Waals surface area contributed by atoms with Gasteiger partial charge in [-0.15, -0.1) is 0 Å². The predicted molar refractivity (Wildman–Crippen MR) is 156 cm³/mol. The number of pyridine rings is 1. The summed E-state index contributed by atoms with van der Waals surface area (Å²) in [5.74, 6) is -4.22. The molecule has 228 valence electrons. The molecule has 2 aromatic heterocycles. The van der Waals surface area contributed by atoms with Gasteiger partial charge in [-0.1, -0.05) is 26.0 Å². The summed E-state index contributed by atoms with van der Waals surface area (Å²) in [6, 6.07) is 11.0. The SMILES string of the molecule is CC(C)c1cc(C(=O)NC2CC2)n(CC(=O)N[C@@H](Cc2cc(F)cc(F)c2)c2ncccc2-c2ccc(F)c(C(N)=O)c2)n1. The van der Waals surface area contributed by atoms with Crippen LogP contribution in [0.5, 0.6) is 0 Å². The number of primary amides is 1. The number of benzene rings is 2. The average molecular weight is 605 g/mol. The second-order valence-electron chi connectivity index (χ2n) is 11.1. The first-order valence-electron chi connectivity index (χ1n) is 14.2. The molecule has 0 saturated heterocycles. The van der Waals surface area contributed by atoms with Gasteiger partial charge in [0.25, 0.3) is 11.8 Å². The number of nitrogens with zero attached hydrogens (tertiary/aromatic N) is 3. The number of hydrogen-bond acceptors (Lipinski definition) is 5. The summed E-state index contributed by atoms with van der Waals surface area (Å²) in [5.41, 5.74) is 7.26. The van der Waals surface area contributed by atoms with Gasteiger partial charge in [-0.2, -0.15) is 5.10 Å². The van der Waals surface area contributed by atoms with E-state index in [9.17, 15) is 27.6 Å². The largest absolute Gasteiger partial charge is 0.366 e. The lowest BCUT2D eigenvalue weighted by Crippen LogP contribution is -2.35. The van der Waals surface area contributed by atoms with Gasteiger partial charge in [-0.25, -0.2) is 13.2 Å². The summed E-state index contributed by atoms with van der Waals surface area (Å²) in [6.07, 6.45) is 3.19. The molecule has 2 aromatic carbocycles. The van der Waals surface area contributed by atoms with Crippen LogP contribution in [-0.4, -0.2) is 38.5 Å². The standard InChI is InChI=1S/C32H31F3N6O3/c1-17(2)26-15-28(32(44)38-22-6-7-22)41(40-26)16-29(42)39-27(12-18-10-20(33)14-21(34)11-18)30-23(4-3-9-37-30)19-5-8-25(35)24(13-19)31(36)43/h3-5,8-11,13-15,17,22,27H,6-7,12,16H2,1-2H3,(H2,36,43)(H,38,44)(H,39,42)/t27-/m0/s1. The molecule has 12 heteroatoms. The Balaban J connectivity index is 1.50. The zero-order valence-corrected chi connectivity index (χ0v) is 24.1. The molecule has 1 aliphatic carbocycles. The lowest BCUT2D eigenvalue weighted by atomic mass is 9.94. The van der Waals surface area contributed by atoms with Crippen LogP contribution in [0, 0.1) is 17.5 Å². The van der Waals surface area contributed by atoms with Crippen LogP contribution >= 0.6 is 0 Å². The number of amides is 3. The van der Waals surface area contributed by atoms with E-state index >= 15 is 0 Å². The molecule has 0 radical (unpaired) electrons. The molecule has 0 aliphatic heterocycles. The minimum absolute atomic E-state index is 0.000474. The summed E-state index contributed by atoms with van der Waals surface area (Å²) in [7, 11) is 0. The van der Waals surface area contributed by atoms with Crippen molar-refractivity contribution in [2.45, 2.75) is 57.7 Å². The first-order chi connectivity index (χ1) is 21.0. The van der Waals surface area contributed by atoms with Crippen LogP contribution in [0.4, 0.5) is 13.2 Å². The molecule has 0 unspecified atom stereocenters. The smallest absolute Gasteiger partial charge is 0.269 e. The Hall–Kier alpha value is -5.00. The molecule has 44 heavy (non-hydrogen) atoms. The Labute approximate surface area is 251 Å². The Morgan fingerprint density at radius 3 is 2.41 bits per heavy atom. The van der Waals surface area contributed by atoms with Crippen LogP contribution in [0.2, 0.25) is 0 Å². The summed E-state index contributed by atoms with van der Waals surface area (Å²) in [4.78, 5) is 42.8. The highest BCUT2D eigenvalue weighted by Crippen LogP contribution is 2.30. The molecule has 0 bridgehead atoms. The fraction of sp³-hybridized carbons (Fsp3) is 0.281. The highest BCUT2D eigenvalue weighted by Gasteiger charge is 2.28. The van der Waals surface area contributed by atoms with Crippen molar-refractivity contribution in [3.05, 3.63) is 106 Å². The average Bonchev–Trinajstić information content (AvgIpc) is 3.67. The van der Waals surface area contributed by atoms with Gasteiger partial charge in [0.15, 0.2) is 0 Å². The van der Waals surface area contributed by atoms with Gasteiger partial charge in [-0.05, 0) is 72.7 Å². The number of rotatable bonds is 11. The van der Waals surface area contributed by atoms with E-state index in [0.29, 0.717) is 22.5 Å². The molecular formula is C32H31F3N6O3. The molecule has 1 atom stereocenters. The lowest BCUT2D eigenvalue weighted by molar-refractivity contribution is -0.122. The summed E-state index contributed by atoms with van der Waals surface area (Å²) in [6.45, 7) is 3.52. The molecular weight excluding hydrogens is 573 g/mol. The van der Waals surface area contributed by atoms with Gasteiger partial charge in [0, 0.05) is 23.9 Å². The third kappa shape index (κ3) is 7.13. The van der Waals surface area contributed by atoms with E-state index in [-0.39, 0.29) is 47.7 Å². The number of carbonyl (C=O) groups is 3. The van der Waals surface area contributed by atoms with Crippen LogP contribution in [0.3, 0.4) is 0 Å². The van der Waals surface area contributed by atoms with Crippen LogP contribution in [0.15, 0.2) is 60.8 Å². The minimum Gasteiger partial charge on any atom is -0.366 e. The first-order valence-corrected chi connectivity index (χ1v) is 14.2. The Kier molecular flexibility index (Phi) is 8.79. The van der Waals surface area contributed by atoms with Crippen LogP contribution < -0.4 is 16.4 Å². The number of carbonyl (C=O) groups excluding carboxylic acids is 3. The fourth-order valence-corrected chi connectivity index (χ4v) is 4.89. The maximum Gasteiger partial charge on any atom is 0.269 e. The van der Waals surface area contributed by atoms with Crippen LogP contribution in [0.25, 0.3) is 11.1 Å². The minimum atomic E-state index is -0.962. The molecule has 2 heterocycles. The maximum atomic E-state index is 14.3. The normalized spacial score (nSPS) is 13.5. The third-order valence-electron chi connectivity index (χ3n) is 7.24. The predicted octanol–water partition coefficient (Wildman–Crippen LogP) is 4.58. The van der Waals surface area contributed by atoms with Gasteiger partial charge in [-0.3, -0.25) is 24.0 Å². The van der Waals surface area contributed by atoms with Gasteiger partial charge < -0.3 is 16.4 Å². The lowest BCUT2D eigenvalue weighted by Gasteiger charge is -2.22. The molecule has 5 rings (SSSR count). The van der Waals surface area contributed by atoms with Crippen molar-refractivity contribution in [1.82, 2.24) is 25.4 Å². The molecule has 4 aromatic rings. The molecule has 9 nitrogen and oxygen atoms in total. The van der Waals surface area contributed by atoms with Crippen molar-refractivity contribution in [3.8, 4) is 11.1 Å².